The van der Waals surface area contributed by atoms with Crippen LogP contribution in [0.5, 0.6) is 0 Å². The number of halogens is 2. The van der Waals surface area contributed by atoms with Crippen molar-refractivity contribution < 1.29 is 32.5 Å². The quantitative estimate of drug-likeness (QED) is 0.395. The molecule has 0 saturated carbocycles. The molecule has 34 heavy (non-hydrogen) atoms. The van der Waals surface area contributed by atoms with E-state index in [1.54, 1.807) is 48.5 Å². The molecule has 1 fully saturated rings. The standard InChI is InChI=1S/C27H26F2O5/c28-27(29)23(19-31-16-20-10-4-1-5-11-20)34-26(30)24(32-17-21-12-6-2-7-13-21)25(27)33-18-22-14-8-3-9-15-22/h1-15,23-25H,16-19H2/t23-,24-,25-/m1/s1. The van der Waals surface area contributed by atoms with E-state index >= 15 is 8.78 Å². The molecule has 3 atom stereocenters. The predicted molar refractivity (Wildman–Crippen MR) is 121 cm³/mol. The maximum Gasteiger partial charge on any atom is 0.338 e. The molecule has 0 amide bonds. The third kappa shape index (κ3) is 6.05. The van der Waals surface area contributed by atoms with Gasteiger partial charge in [-0.2, -0.15) is 8.78 Å². The molecule has 3 aromatic rings. The van der Waals surface area contributed by atoms with Crippen LogP contribution in [0.2, 0.25) is 0 Å². The van der Waals surface area contributed by atoms with Crippen LogP contribution in [0, 0.1) is 0 Å². The zero-order valence-corrected chi connectivity index (χ0v) is 18.5. The van der Waals surface area contributed by atoms with E-state index in [9.17, 15) is 4.79 Å². The average molecular weight is 468 g/mol. The van der Waals surface area contributed by atoms with Crippen molar-refractivity contribution >= 4 is 5.97 Å². The molecule has 178 valence electrons. The lowest BCUT2D eigenvalue weighted by Gasteiger charge is -2.40. The van der Waals surface area contributed by atoms with Gasteiger partial charge in [-0.25, -0.2) is 4.79 Å². The van der Waals surface area contributed by atoms with Crippen molar-refractivity contribution in [2.24, 2.45) is 0 Å². The van der Waals surface area contributed by atoms with Crippen LogP contribution in [0.3, 0.4) is 0 Å². The molecule has 0 radical (unpaired) electrons. The molecule has 1 saturated heterocycles. The van der Waals surface area contributed by atoms with Gasteiger partial charge in [0.15, 0.2) is 18.3 Å². The van der Waals surface area contributed by atoms with Crippen molar-refractivity contribution in [3.8, 4) is 0 Å². The number of cyclic esters (lactones) is 1. The number of carbonyl (C=O) groups excluding carboxylic acids is 1. The minimum atomic E-state index is -3.53. The van der Waals surface area contributed by atoms with Gasteiger partial charge >= 0.3 is 11.9 Å². The SMILES string of the molecule is O=C1O[C@H](COCc2ccccc2)C(F)(F)[C@H](OCc2ccccc2)[C@H]1OCc1ccccc1. The van der Waals surface area contributed by atoms with Crippen molar-refractivity contribution in [2.45, 2.75) is 44.1 Å². The first-order valence-electron chi connectivity index (χ1n) is 11.0. The fraction of sp³-hybridized carbons (Fsp3) is 0.296. The Labute approximate surface area is 197 Å². The van der Waals surface area contributed by atoms with Gasteiger partial charge in [0.25, 0.3) is 0 Å². The first-order valence-corrected chi connectivity index (χ1v) is 11.0. The second kappa shape index (κ2) is 11.3. The van der Waals surface area contributed by atoms with Crippen LogP contribution in [-0.4, -0.2) is 36.8 Å². The van der Waals surface area contributed by atoms with Crippen LogP contribution < -0.4 is 0 Å². The molecule has 1 aliphatic rings. The molecule has 0 unspecified atom stereocenters. The van der Waals surface area contributed by atoms with E-state index < -0.39 is 36.8 Å². The van der Waals surface area contributed by atoms with Gasteiger partial charge in [-0.05, 0) is 16.7 Å². The van der Waals surface area contributed by atoms with Gasteiger partial charge in [-0.15, -0.1) is 0 Å². The van der Waals surface area contributed by atoms with Crippen molar-refractivity contribution in [3.05, 3.63) is 108 Å². The van der Waals surface area contributed by atoms with Crippen molar-refractivity contribution in [1.29, 1.82) is 0 Å². The van der Waals surface area contributed by atoms with Gasteiger partial charge in [0.1, 0.15) is 0 Å². The summed E-state index contributed by atoms with van der Waals surface area (Å²) in [6, 6.07) is 27.1. The summed E-state index contributed by atoms with van der Waals surface area (Å²) in [6.07, 6.45) is -5.20. The third-order valence-corrected chi connectivity index (χ3v) is 5.50. The van der Waals surface area contributed by atoms with Crippen molar-refractivity contribution in [3.63, 3.8) is 0 Å². The lowest BCUT2D eigenvalue weighted by molar-refractivity contribution is -0.279. The molecule has 0 aliphatic carbocycles. The summed E-state index contributed by atoms with van der Waals surface area (Å²) in [5, 5.41) is 0. The normalized spacial score (nSPS) is 21.7. The van der Waals surface area contributed by atoms with Crippen LogP contribution in [0.4, 0.5) is 8.78 Å². The summed E-state index contributed by atoms with van der Waals surface area (Å²) in [4.78, 5) is 12.8. The van der Waals surface area contributed by atoms with E-state index in [1.807, 2.05) is 42.5 Å². The van der Waals surface area contributed by atoms with Gasteiger partial charge in [-0.1, -0.05) is 91.0 Å². The smallest absolute Gasteiger partial charge is 0.338 e. The number of rotatable bonds is 10. The Morgan fingerprint density at radius 1 is 0.706 bits per heavy atom. The molecular weight excluding hydrogens is 442 g/mol. The number of hydrogen-bond donors (Lipinski definition) is 0. The highest BCUT2D eigenvalue weighted by molar-refractivity contribution is 5.77. The highest BCUT2D eigenvalue weighted by Crippen LogP contribution is 2.37. The maximum absolute atomic E-state index is 15.5. The molecule has 1 aliphatic heterocycles. The van der Waals surface area contributed by atoms with E-state index in [0.29, 0.717) is 5.56 Å². The average Bonchev–Trinajstić information content (AvgIpc) is 2.86. The van der Waals surface area contributed by atoms with E-state index in [4.69, 9.17) is 18.9 Å². The number of alkyl halides is 2. The molecule has 3 aromatic carbocycles. The van der Waals surface area contributed by atoms with Crippen LogP contribution in [0.15, 0.2) is 91.0 Å². The Morgan fingerprint density at radius 3 is 1.71 bits per heavy atom. The largest absolute Gasteiger partial charge is 0.451 e. The minimum absolute atomic E-state index is 0.0307. The Kier molecular flexibility index (Phi) is 8.00. The summed E-state index contributed by atoms with van der Waals surface area (Å²) in [5.41, 5.74) is 2.28. The molecular formula is C27H26F2O5. The van der Waals surface area contributed by atoms with E-state index in [2.05, 4.69) is 0 Å². The number of hydrogen-bond acceptors (Lipinski definition) is 5. The summed E-state index contributed by atoms with van der Waals surface area (Å²) < 4.78 is 52.9. The second-order valence-corrected chi connectivity index (χ2v) is 8.04. The monoisotopic (exact) mass is 468 g/mol. The zero-order valence-electron chi connectivity index (χ0n) is 18.5. The number of carbonyl (C=O) groups is 1. The number of benzene rings is 3. The maximum atomic E-state index is 15.5. The molecule has 0 bridgehead atoms. The fourth-order valence-corrected chi connectivity index (χ4v) is 3.67. The van der Waals surface area contributed by atoms with E-state index in [0.717, 1.165) is 11.1 Å². The molecule has 0 N–H and O–H groups in total. The van der Waals surface area contributed by atoms with Crippen LogP contribution in [-0.2, 0) is 43.6 Å². The van der Waals surface area contributed by atoms with Crippen molar-refractivity contribution in [2.75, 3.05) is 6.61 Å². The van der Waals surface area contributed by atoms with Gasteiger partial charge in [0.2, 0.25) is 0 Å². The Balaban J connectivity index is 1.47. The molecule has 4 rings (SSSR count). The topological polar surface area (TPSA) is 54.0 Å². The lowest BCUT2D eigenvalue weighted by atomic mass is 9.98. The second-order valence-electron chi connectivity index (χ2n) is 8.04. The Hall–Kier alpha value is -3.13. The Bertz CT molecular complexity index is 1030. The molecule has 1 heterocycles. The summed E-state index contributed by atoms with van der Waals surface area (Å²) >= 11 is 0. The van der Waals surface area contributed by atoms with Gasteiger partial charge in [0.05, 0.1) is 26.4 Å². The van der Waals surface area contributed by atoms with Crippen molar-refractivity contribution in [1.82, 2.24) is 0 Å². The molecule has 0 spiro atoms. The summed E-state index contributed by atoms with van der Waals surface area (Å²) in [7, 11) is 0. The number of ether oxygens (including phenoxy) is 4. The number of esters is 1. The van der Waals surface area contributed by atoms with E-state index in [-0.39, 0.29) is 19.8 Å². The highest BCUT2D eigenvalue weighted by atomic mass is 19.3. The zero-order chi connectivity index (χ0) is 23.8. The first kappa shape index (κ1) is 24.0. The van der Waals surface area contributed by atoms with Gasteiger partial charge in [0, 0.05) is 0 Å². The van der Waals surface area contributed by atoms with E-state index in [1.165, 1.54) is 0 Å². The molecule has 0 aromatic heterocycles. The van der Waals surface area contributed by atoms with Gasteiger partial charge < -0.3 is 18.9 Å². The molecule has 7 heteroatoms. The van der Waals surface area contributed by atoms with Gasteiger partial charge in [-0.3, -0.25) is 0 Å². The van der Waals surface area contributed by atoms with Crippen LogP contribution in [0.1, 0.15) is 16.7 Å². The van der Waals surface area contributed by atoms with Crippen LogP contribution >= 0.6 is 0 Å². The third-order valence-electron chi connectivity index (χ3n) is 5.50. The lowest BCUT2D eigenvalue weighted by Crippen LogP contribution is -2.62. The highest BCUT2D eigenvalue weighted by Gasteiger charge is 2.60. The summed E-state index contributed by atoms with van der Waals surface area (Å²) in [6.45, 7) is -0.479. The fourth-order valence-electron chi connectivity index (χ4n) is 3.67. The van der Waals surface area contributed by atoms with Crippen LogP contribution in [0.25, 0.3) is 0 Å². The minimum Gasteiger partial charge on any atom is -0.451 e. The Morgan fingerprint density at radius 2 is 1.18 bits per heavy atom. The molecule has 5 nitrogen and oxygen atoms in total. The first-order chi connectivity index (χ1) is 16.5. The summed E-state index contributed by atoms with van der Waals surface area (Å²) in [5.74, 6) is -4.42. The predicted octanol–water partition coefficient (Wildman–Crippen LogP) is 4.93.